The van der Waals surface area contributed by atoms with Gasteiger partial charge >= 0.3 is 6.03 Å². The first-order valence-corrected chi connectivity index (χ1v) is 10.6. The van der Waals surface area contributed by atoms with Crippen LogP contribution in [0.3, 0.4) is 0 Å². The van der Waals surface area contributed by atoms with E-state index in [-0.39, 0.29) is 18.5 Å². The van der Waals surface area contributed by atoms with E-state index in [4.69, 9.17) is 16.6 Å². The smallest absolute Gasteiger partial charge is 0.319 e. The molecular formula is C20H22ClN3O2S. The fourth-order valence-corrected chi connectivity index (χ4v) is 5.02. The third-order valence-corrected chi connectivity index (χ3v) is 6.85. The number of urea groups is 1. The summed E-state index contributed by atoms with van der Waals surface area (Å²) < 4.78 is 0. The zero-order valence-electron chi connectivity index (χ0n) is 15.2. The van der Waals surface area contributed by atoms with Gasteiger partial charge in [0, 0.05) is 16.3 Å². The summed E-state index contributed by atoms with van der Waals surface area (Å²) in [4.78, 5) is 31.5. The van der Waals surface area contributed by atoms with Crippen molar-refractivity contribution in [2.75, 3.05) is 0 Å². The molecule has 0 bridgehead atoms. The standard InChI is InChI=1S/C20H22ClN3O2S/c1-20(14-7-9-15(21)10-8-14)18(25)24(19(26)23-20)11-16-12-27-17(22-16)13-5-3-2-4-6-13/h7-10,12-13H,2-6,11H2,1H3,(H,23,26). The molecule has 2 heterocycles. The molecule has 1 aromatic heterocycles. The molecule has 1 saturated carbocycles. The maximum absolute atomic E-state index is 13.0. The summed E-state index contributed by atoms with van der Waals surface area (Å²) in [5, 5.41) is 6.53. The summed E-state index contributed by atoms with van der Waals surface area (Å²) in [7, 11) is 0. The molecule has 142 valence electrons. The number of nitrogens with one attached hydrogen (secondary N) is 1. The molecule has 1 atom stereocenters. The van der Waals surface area contributed by atoms with E-state index in [0.717, 1.165) is 10.7 Å². The van der Waals surface area contributed by atoms with Gasteiger partial charge in [0.25, 0.3) is 5.91 Å². The van der Waals surface area contributed by atoms with Gasteiger partial charge in [0.15, 0.2) is 0 Å². The lowest BCUT2D eigenvalue weighted by atomic mass is 9.90. The first kappa shape index (κ1) is 18.4. The molecule has 2 aromatic rings. The molecule has 2 fully saturated rings. The number of imide groups is 1. The second-order valence-electron chi connectivity index (χ2n) is 7.47. The summed E-state index contributed by atoms with van der Waals surface area (Å²) in [6.45, 7) is 1.93. The summed E-state index contributed by atoms with van der Waals surface area (Å²) in [6.07, 6.45) is 6.19. The Kier molecular flexibility index (Phi) is 4.95. The number of thiazole rings is 1. The van der Waals surface area contributed by atoms with Gasteiger partial charge in [0.1, 0.15) is 5.54 Å². The van der Waals surface area contributed by atoms with Gasteiger partial charge in [-0.1, -0.05) is 43.0 Å². The highest BCUT2D eigenvalue weighted by atomic mass is 35.5. The highest BCUT2D eigenvalue weighted by Crippen LogP contribution is 2.35. The van der Waals surface area contributed by atoms with Crippen LogP contribution in [0, 0.1) is 0 Å². The molecule has 7 heteroatoms. The first-order chi connectivity index (χ1) is 13.0. The SMILES string of the molecule is CC1(c2ccc(Cl)cc2)NC(=O)N(Cc2csc(C3CCCCC3)n2)C1=O. The molecule has 5 nitrogen and oxygen atoms in total. The second-order valence-corrected chi connectivity index (χ2v) is 8.79. The Balaban J connectivity index is 1.51. The normalized spacial score (nSPS) is 23.7. The van der Waals surface area contributed by atoms with E-state index in [1.807, 2.05) is 5.38 Å². The Hall–Kier alpha value is -1.92. The number of carbonyl (C=O) groups excluding carboxylic acids is 2. The van der Waals surface area contributed by atoms with Crippen molar-refractivity contribution < 1.29 is 9.59 Å². The van der Waals surface area contributed by atoms with Crippen LogP contribution in [0.4, 0.5) is 4.79 Å². The Morgan fingerprint density at radius 3 is 2.63 bits per heavy atom. The number of hydrogen-bond acceptors (Lipinski definition) is 4. The van der Waals surface area contributed by atoms with Gasteiger partial charge in [-0.2, -0.15) is 0 Å². The minimum Gasteiger partial charge on any atom is -0.319 e. The van der Waals surface area contributed by atoms with Crippen molar-refractivity contribution in [2.24, 2.45) is 0 Å². The number of rotatable bonds is 4. The average molecular weight is 404 g/mol. The topological polar surface area (TPSA) is 62.3 Å². The molecule has 3 amide bonds. The van der Waals surface area contributed by atoms with Gasteiger partial charge in [-0.15, -0.1) is 11.3 Å². The van der Waals surface area contributed by atoms with Crippen LogP contribution >= 0.6 is 22.9 Å². The van der Waals surface area contributed by atoms with Crippen LogP contribution in [0.15, 0.2) is 29.6 Å². The molecule has 1 aromatic carbocycles. The molecule has 4 rings (SSSR count). The number of aromatic nitrogens is 1. The summed E-state index contributed by atoms with van der Waals surface area (Å²) in [5.41, 5.74) is 0.419. The molecular weight excluding hydrogens is 382 g/mol. The van der Waals surface area contributed by atoms with E-state index in [9.17, 15) is 9.59 Å². The first-order valence-electron chi connectivity index (χ1n) is 9.32. The quantitative estimate of drug-likeness (QED) is 0.745. The molecule has 1 aliphatic heterocycles. The van der Waals surface area contributed by atoms with Crippen molar-refractivity contribution in [3.8, 4) is 0 Å². The van der Waals surface area contributed by atoms with E-state index < -0.39 is 5.54 Å². The molecule has 0 spiro atoms. The van der Waals surface area contributed by atoms with E-state index in [0.29, 0.717) is 16.5 Å². The Morgan fingerprint density at radius 1 is 1.22 bits per heavy atom. The van der Waals surface area contributed by atoms with Crippen LogP contribution in [0.25, 0.3) is 0 Å². The molecule has 2 aliphatic rings. The van der Waals surface area contributed by atoms with Gasteiger partial charge < -0.3 is 5.32 Å². The van der Waals surface area contributed by atoms with Crippen LogP contribution < -0.4 is 5.32 Å². The average Bonchev–Trinajstić information content (AvgIpc) is 3.22. The minimum absolute atomic E-state index is 0.205. The van der Waals surface area contributed by atoms with Crippen LogP contribution in [0.5, 0.6) is 0 Å². The van der Waals surface area contributed by atoms with E-state index in [1.165, 1.54) is 37.0 Å². The van der Waals surface area contributed by atoms with Gasteiger partial charge in [0.2, 0.25) is 0 Å². The fourth-order valence-electron chi connectivity index (χ4n) is 3.91. The van der Waals surface area contributed by atoms with Gasteiger partial charge in [-0.3, -0.25) is 9.69 Å². The van der Waals surface area contributed by atoms with E-state index in [1.54, 1.807) is 42.5 Å². The Labute approximate surface area is 167 Å². The Morgan fingerprint density at radius 2 is 1.93 bits per heavy atom. The lowest BCUT2D eigenvalue weighted by Crippen LogP contribution is -2.40. The number of carbonyl (C=O) groups is 2. The van der Waals surface area contributed by atoms with Crippen LogP contribution in [0.1, 0.15) is 61.2 Å². The predicted octanol–water partition coefficient (Wildman–Crippen LogP) is 4.81. The van der Waals surface area contributed by atoms with Crippen molar-refractivity contribution in [1.82, 2.24) is 15.2 Å². The zero-order chi connectivity index (χ0) is 19.0. The Bertz CT molecular complexity index is 860. The molecule has 1 saturated heterocycles. The van der Waals surface area contributed by atoms with Crippen molar-refractivity contribution in [1.29, 1.82) is 0 Å². The second kappa shape index (κ2) is 7.24. The monoisotopic (exact) mass is 403 g/mol. The summed E-state index contributed by atoms with van der Waals surface area (Å²) >= 11 is 7.59. The predicted molar refractivity (Wildman–Crippen MR) is 106 cm³/mol. The third-order valence-electron chi connectivity index (χ3n) is 5.54. The minimum atomic E-state index is -1.08. The number of hydrogen-bond donors (Lipinski definition) is 1. The highest BCUT2D eigenvalue weighted by Gasteiger charge is 2.49. The van der Waals surface area contributed by atoms with E-state index >= 15 is 0 Å². The van der Waals surface area contributed by atoms with Crippen LogP contribution in [-0.4, -0.2) is 21.8 Å². The maximum atomic E-state index is 13.0. The number of nitrogens with zero attached hydrogens (tertiary/aromatic N) is 2. The highest BCUT2D eigenvalue weighted by molar-refractivity contribution is 7.09. The molecule has 1 unspecified atom stereocenters. The van der Waals surface area contributed by atoms with Gasteiger partial charge in [-0.25, -0.2) is 9.78 Å². The fraction of sp³-hybridized carbons (Fsp3) is 0.450. The molecule has 1 N–H and O–H groups in total. The van der Waals surface area contributed by atoms with Crippen LogP contribution in [-0.2, 0) is 16.9 Å². The number of benzene rings is 1. The zero-order valence-corrected chi connectivity index (χ0v) is 16.8. The third kappa shape index (κ3) is 3.48. The van der Waals surface area contributed by atoms with E-state index in [2.05, 4.69) is 5.32 Å². The lowest BCUT2D eigenvalue weighted by molar-refractivity contribution is -0.131. The molecule has 27 heavy (non-hydrogen) atoms. The number of halogens is 1. The van der Waals surface area contributed by atoms with Crippen molar-refractivity contribution in [2.45, 2.75) is 57.0 Å². The summed E-state index contributed by atoms with van der Waals surface area (Å²) in [5.74, 6) is 0.266. The lowest BCUT2D eigenvalue weighted by Gasteiger charge is -2.22. The number of amides is 3. The molecule has 1 aliphatic carbocycles. The largest absolute Gasteiger partial charge is 0.325 e. The molecule has 0 radical (unpaired) electrons. The summed E-state index contributed by atoms with van der Waals surface area (Å²) in [6, 6.07) is 6.61. The van der Waals surface area contributed by atoms with Crippen molar-refractivity contribution >= 4 is 34.9 Å². The van der Waals surface area contributed by atoms with Crippen LogP contribution in [0.2, 0.25) is 5.02 Å². The van der Waals surface area contributed by atoms with Gasteiger partial charge in [-0.05, 0) is 37.5 Å². The van der Waals surface area contributed by atoms with Gasteiger partial charge in [0.05, 0.1) is 17.2 Å². The van der Waals surface area contributed by atoms with Crippen molar-refractivity contribution in [3.63, 3.8) is 0 Å². The maximum Gasteiger partial charge on any atom is 0.325 e. The van der Waals surface area contributed by atoms with Crippen molar-refractivity contribution in [3.05, 3.63) is 50.9 Å².